The van der Waals surface area contributed by atoms with E-state index >= 15 is 0 Å². The molecule has 0 atom stereocenters. The van der Waals surface area contributed by atoms with Crippen LogP contribution in [0.15, 0.2) is 83.8 Å². The molecule has 0 aliphatic rings. The molecule has 0 aliphatic carbocycles. The van der Waals surface area contributed by atoms with Crippen molar-refractivity contribution in [3.63, 3.8) is 0 Å². The van der Waals surface area contributed by atoms with Crippen LogP contribution in [0.3, 0.4) is 0 Å². The minimum atomic E-state index is -3.34. The van der Waals surface area contributed by atoms with E-state index < -0.39 is 15.8 Å². The molecule has 34 heavy (non-hydrogen) atoms. The number of fused-ring (bicyclic) bond motifs is 1. The molecule has 0 saturated carbocycles. The monoisotopic (exact) mass is 493 g/mol. The number of carbonyl (C=O) groups is 1. The van der Waals surface area contributed by atoms with Crippen molar-refractivity contribution in [2.24, 2.45) is 0 Å². The molecule has 0 bridgehead atoms. The normalized spacial score (nSPS) is 11.9. The van der Waals surface area contributed by atoms with E-state index in [0.717, 1.165) is 15.8 Å². The van der Waals surface area contributed by atoms with Gasteiger partial charge in [-0.1, -0.05) is 72.0 Å². The minimum absolute atomic E-state index is 0.0679. The van der Waals surface area contributed by atoms with Gasteiger partial charge in [-0.15, -0.1) is 0 Å². The lowest BCUT2D eigenvalue weighted by molar-refractivity contribution is -0.119. The Kier molecular flexibility index (Phi) is 7.11. The third-order valence-corrected chi connectivity index (χ3v) is 7.71. The van der Waals surface area contributed by atoms with E-state index in [9.17, 15) is 13.2 Å². The molecule has 0 spiro atoms. The number of nitrogens with zero attached hydrogens (tertiary/aromatic N) is 3. The maximum atomic E-state index is 14.1. The van der Waals surface area contributed by atoms with Gasteiger partial charge >= 0.3 is 0 Å². The van der Waals surface area contributed by atoms with Gasteiger partial charge in [-0.25, -0.2) is 13.4 Å². The molecule has 0 aliphatic heterocycles. The first-order valence-corrected chi connectivity index (χ1v) is 13.6. The Balaban J connectivity index is 1.80. The average Bonchev–Trinajstić information content (AvgIpc) is 3.23. The molecular formula is C26H27N3O3S2. The van der Waals surface area contributed by atoms with Crippen molar-refractivity contribution in [2.75, 3.05) is 38.3 Å². The number of aromatic nitrogens is 1. The summed E-state index contributed by atoms with van der Waals surface area (Å²) in [5.74, 6) is -0.551. The molecule has 6 nitrogen and oxygen atoms in total. The molecule has 0 radical (unpaired) electrons. The van der Waals surface area contributed by atoms with Crippen molar-refractivity contribution >= 4 is 42.4 Å². The number of rotatable bonds is 8. The zero-order chi connectivity index (χ0) is 24.3. The number of thiazole rings is 1. The van der Waals surface area contributed by atoms with Gasteiger partial charge in [0.15, 0.2) is 15.0 Å². The predicted molar refractivity (Wildman–Crippen MR) is 138 cm³/mol. The number of amides is 1. The number of anilines is 1. The van der Waals surface area contributed by atoms with Crippen LogP contribution >= 0.6 is 11.3 Å². The fraction of sp³-hybridized carbons (Fsp3) is 0.231. The summed E-state index contributed by atoms with van der Waals surface area (Å²) in [6.07, 6.45) is 1.19. The number of carbonyl (C=O) groups excluding carboxylic acids is 1. The number of hydrogen-bond donors (Lipinski definition) is 0. The number of benzene rings is 3. The average molecular weight is 494 g/mol. The molecule has 1 heterocycles. The van der Waals surface area contributed by atoms with Gasteiger partial charge in [-0.05, 0) is 43.4 Å². The summed E-state index contributed by atoms with van der Waals surface area (Å²) >= 11 is 1.33. The molecule has 0 fully saturated rings. The highest BCUT2D eigenvalue weighted by Gasteiger charge is 2.30. The molecule has 8 heteroatoms. The summed E-state index contributed by atoms with van der Waals surface area (Å²) in [6, 6.07) is 24.4. The first-order chi connectivity index (χ1) is 16.2. The predicted octanol–water partition coefficient (Wildman–Crippen LogP) is 4.43. The number of hydrogen-bond acceptors (Lipinski definition) is 6. The fourth-order valence-corrected chi connectivity index (χ4v) is 5.52. The second kappa shape index (κ2) is 10.0. The second-order valence-corrected chi connectivity index (χ2v) is 11.5. The van der Waals surface area contributed by atoms with Crippen molar-refractivity contribution in [3.8, 4) is 0 Å². The van der Waals surface area contributed by atoms with Crippen LogP contribution in [0.5, 0.6) is 0 Å². The lowest BCUT2D eigenvalue weighted by Crippen LogP contribution is -2.40. The van der Waals surface area contributed by atoms with E-state index in [4.69, 9.17) is 4.98 Å². The smallest absolute Gasteiger partial charge is 0.240 e. The van der Waals surface area contributed by atoms with E-state index in [2.05, 4.69) is 0 Å². The Hall–Kier alpha value is -3.07. The lowest BCUT2D eigenvalue weighted by Gasteiger charge is -2.27. The maximum Gasteiger partial charge on any atom is 0.240 e. The fourth-order valence-electron chi connectivity index (χ4n) is 3.76. The third kappa shape index (κ3) is 5.35. The van der Waals surface area contributed by atoms with E-state index in [0.29, 0.717) is 23.7 Å². The van der Waals surface area contributed by atoms with E-state index in [1.54, 1.807) is 23.1 Å². The molecule has 0 unspecified atom stereocenters. The van der Waals surface area contributed by atoms with Gasteiger partial charge in [-0.3, -0.25) is 9.69 Å². The van der Waals surface area contributed by atoms with Crippen molar-refractivity contribution in [2.45, 2.75) is 10.8 Å². The first-order valence-electron chi connectivity index (χ1n) is 10.9. The summed E-state index contributed by atoms with van der Waals surface area (Å²) in [5.41, 5.74) is 2.49. The Labute approximate surface area is 204 Å². The highest BCUT2D eigenvalue weighted by atomic mass is 32.2. The van der Waals surface area contributed by atoms with Crippen molar-refractivity contribution in [1.82, 2.24) is 9.88 Å². The summed E-state index contributed by atoms with van der Waals surface area (Å²) in [7, 11) is 0.590. The Morgan fingerprint density at radius 1 is 0.912 bits per heavy atom. The van der Waals surface area contributed by atoms with Gasteiger partial charge in [0.2, 0.25) is 5.91 Å². The van der Waals surface area contributed by atoms with Gasteiger partial charge in [0.05, 0.1) is 21.0 Å². The lowest BCUT2D eigenvalue weighted by atomic mass is 9.90. The van der Waals surface area contributed by atoms with Crippen LogP contribution in [0.4, 0.5) is 5.13 Å². The standard InChI is InChI=1S/C26H27N3O3S2/c1-28(2)16-17-29(26-27-22-15-14-21(34(3,31)32)18-23(22)33-26)25(30)24(19-10-6-4-7-11-19)20-12-8-5-9-13-20/h4-15,18,24H,16-17H2,1-3H3. The van der Waals surface area contributed by atoms with Crippen LogP contribution in [-0.2, 0) is 14.6 Å². The molecule has 0 saturated heterocycles. The third-order valence-electron chi connectivity index (χ3n) is 5.56. The van der Waals surface area contributed by atoms with Crippen molar-refractivity contribution in [3.05, 3.63) is 90.0 Å². The van der Waals surface area contributed by atoms with E-state index in [1.807, 2.05) is 79.7 Å². The Morgan fingerprint density at radius 2 is 1.50 bits per heavy atom. The zero-order valence-corrected chi connectivity index (χ0v) is 21.0. The summed E-state index contributed by atoms with van der Waals surface area (Å²) in [5, 5.41) is 0.560. The molecule has 0 N–H and O–H groups in total. The number of likely N-dealkylation sites (N-methyl/N-ethyl adjacent to an activating group) is 1. The highest BCUT2D eigenvalue weighted by Crippen LogP contribution is 2.34. The zero-order valence-electron chi connectivity index (χ0n) is 19.4. The van der Waals surface area contributed by atoms with Gasteiger partial charge in [-0.2, -0.15) is 0 Å². The van der Waals surface area contributed by atoms with Gasteiger partial charge in [0, 0.05) is 19.3 Å². The molecular weight excluding hydrogens is 466 g/mol. The molecule has 3 aromatic carbocycles. The Morgan fingerprint density at radius 3 is 2.03 bits per heavy atom. The van der Waals surface area contributed by atoms with Crippen LogP contribution < -0.4 is 4.90 Å². The van der Waals surface area contributed by atoms with E-state index in [1.165, 1.54) is 17.6 Å². The topological polar surface area (TPSA) is 70.6 Å². The van der Waals surface area contributed by atoms with Gasteiger partial charge < -0.3 is 4.90 Å². The van der Waals surface area contributed by atoms with Crippen molar-refractivity contribution in [1.29, 1.82) is 0 Å². The minimum Gasteiger partial charge on any atom is -0.308 e. The van der Waals surface area contributed by atoms with Crippen LogP contribution in [0.25, 0.3) is 10.2 Å². The molecule has 4 rings (SSSR count). The highest BCUT2D eigenvalue weighted by molar-refractivity contribution is 7.90. The summed E-state index contributed by atoms with van der Waals surface area (Å²) in [6.45, 7) is 1.12. The summed E-state index contributed by atoms with van der Waals surface area (Å²) in [4.78, 5) is 22.9. The molecule has 4 aromatic rings. The maximum absolute atomic E-state index is 14.1. The van der Waals surface area contributed by atoms with Crippen LogP contribution in [-0.4, -0.2) is 57.6 Å². The quantitative estimate of drug-likeness (QED) is 0.363. The molecule has 1 aromatic heterocycles. The van der Waals surface area contributed by atoms with E-state index in [-0.39, 0.29) is 10.8 Å². The van der Waals surface area contributed by atoms with Crippen LogP contribution in [0, 0.1) is 0 Å². The first kappa shape index (κ1) is 24.1. The Bertz CT molecular complexity index is 1350. The summed E-state index contributed by atoms with van der Waals surface area (Å²) < 4.78 is 24.8. The largest absolute Gasteiger partial charge is 0.308 e. The van der Waals surface area contributed by atoms with Crippen molar-refractivity contribution < 1.29 is 13.2 Å². The van der Waals surface area contributed by atoms with Crippen LogP contribution in [0.2, 0.25) is 0 Å². The molecule has 176 valence electrons. The molecule has 1 amide bonds. The van der Waals surface area contributed by atoms with Crippen LogP contribution in [0.1, 0.15) is 17.0 Å². The van der Waals surface area contributed by atoms with Gasteiger partial charge in [0.1, 0.15) is 0 Å². The SMILES string of the molecule is CN(C)CCN(C(=O)C(c1ccccc1)c1ccccc1)c1nc2ccc(S(C)(=O)=O)cc2s1. The number of sulfone groups is 1. The second-order valence-electron chi connectivity index (χ2n) is 8.45. The van der Waals surface area contributed by atoms with Gasteiger partial charge in [0.25, 0.3) is 0 Å².